The molecule has 0 saturated heterocycles. The van der Waals surface area contributed by atoms with Crippen molar-refractivity contribution >= 4 is 40.1 Å². The van der Waals surface area contributed by atoms with Crippen molar-refractivity contribution in [3.63, 3.8) is 0 Å². The number of H-pyrrole nitrogens is 1. The fourth-order valence-electron chi connectivity index (χ4n) is 3.36. The summed E-state index contributed by atoms with van der Waals surface area (Å²) in [6, 6.07) is 13.4. The zero-order valence-corrected chi connectivity index (χ0v) is 18.3. The summed E-state index contributed by atoms with van der Waals surface area (Å²) in [5.41, 5.74) is 7.16. The molecule has 2 N–H and O–H groups in total. The zero-order valence-electron chi connectivity index (χ0n) is 18.3. The molecule has 4 rings (SSSR count). The number of rotatable bonds is 8. The highest BCUT2D eigenvalue weighted by Crippen LogP contribution is 2.23. The van der Waals surface area contributed by atoms with Gasteiger partial charge in [0.1, 0.15) is 11.3 Å². The molecule has 2 heterocycles. The molecule has 2 aromatic carbocycles. The minimum atomic E-state index is -0.0273. The maximum Gasteiger partial charge on any atom is 0.265 e. The van der Waals surface area contributed by atoms with Gasteiger partial charge in [-0.1, -0.05) is 11.6 Å². The number of anilines is 1. The topological polar surface area (TPSA) is 108 Å². The lowest BCUT2D eigenvalue weighted by atomic mass is 10.2. The number of carbonyl (C=O) groups is 1. The number of nitrogens with zero attached hydrogens (tertiary/aromatic N) is 5. The molecule has 0 aliphatic carbocycles. The van der Waals surface area contributed by atoms with Crippen molar-refractivity contribution in [3.05, 3.63) is 53.6 Å². The van der Waals surface area contributed by atoms with E-state index in [2.05, 4.69) is 36.8 Å². The van der Waals surface area contributed by atoms with E-state index in [1.54, 1.807) is 23.2 Å². The van der Waals surface area contributed by atoms with Crippen LogP contribution in [0.15, 0.2) is 47.6 Å². The van der Waals surface area contributed by atoms with E-state index in [-0.39, 0.29) is 12.5 Å². The lowest BCUT2D eigenvalue weighted by molar-refractivity contribution is -0.132. The molecule has 0 bridgehead atoms. The number of hydrogen-bond acceptors (Lipinski definition) is 7. The predicted octanol–water partition coefficient (Wildman–Crippen LogP) is 3.51. The first kappa shape index (κ1) is 21.2. The molecule has 0 saturated carbocycles. The first-order valence-electron chi connectivity index (χ1n) is 10.5. The quantitative estimate of drug-likeness (QED) is 0.326. The maximum absolute atomic E-state index is 12.0. The van der Waals surface area contributed by atoms with Gasteiger partial charge in [-0.2, -0.15) is 10.1 Å². The van der Waals surface area contributed by atoms with Gasteiger partial charge in [-0.25, -0.2) is 5.43 Å². The van der Waals surface area contributed by atoms with Crippen molar-refractivity contribution in [1.82, 2.24) is 25.1 Å². The number of ether oxygens (including phenoxy) is 1. The SMILES string of the molecule is CCN(CC)C(=O)COc1ccc(/C=N/Nc2nnc3c(n2)[nH]c2ccc(C)cc23)cc1. The highest BCUT2D eigenvalue weighted by molar-refractivity contribution is 6.03. The van der Waals surface area contributed by atoms with E-state index in [0.717, 1.165) is 27.5 Å². The lowest BCUT2D eigenvalue weighted by Crippen LogP contribution is -2.34. The smallest absolute Gasteiger partial charge is 0.265 e. The van der Waals surface area contributed by atoms with Crippen LogP contribution in [0.3, 0.4) is 0 Å². The van der Waals surface area contributed by atoms with Crippen LogP contribution in [0, 0.1) is 6.92 Å². The number of carbonyl (C=O) groups excluding carboxylic acids is 1. The average Bonchev–Trinajstić information content (AvgIpc) is 3.16. The van der Waals surface area contributed by atoms with Gasteiger partial charge in [-0.15, -0.1) is 10.2 Å². The molecule has 0 spiro atoms. The number of likely N-dealkylation sites (N-methyl/N-ethyl adjacent to an activating group) is 1. The molecule has 164 valence electrons. The van der Waals surface area contributed by atoms with Crippen molar-refractivity contribution in [2.45, 2.75) is 20.8 Å². The Morgan fingerprint density at radius 3 is 2.69 bits per heavy atom. The third kappa shape index (κ3) is 4.66. The van der Waals surface area contributed by atoms with Crippen LogP contribution in [0.25, 0.3) is 22.1 Å². The van der Waals surface area contributed by atoms with Crippen LogP contribution >= 0.6 is 0 Å². The summed E-state index contributed by atoms with van der Waals surface area (Å²) in [4.78, 5) is 21.4. The average molecular weight is 432 g/mol. The number of aromatic nitrogens is 4. The number of amides is 1. The monoisotopic (exact) mass is 431 g/mol. The molecule has 1 amide bonds. The summed E-state index contributed by atoms with van der Waals surface area (Å²) >= 11 is 0. The molecule has 2 aromatic heterocycles. The number of hydrogen-bond donors (Lipinski definition) is 2. The van der Waals surface area contributed by atoms with Gasteiger partial charge in [0.05, 0.1) is 6.21 Å². The number of aromatic amines is 1. The van der Waals surface area contributed by atoms with Crippen molar-refractivity contribution < 1.29 is 9.53 Å². The molecule has 0 fully saturated rings. The lowest BCUT2D eigenvalue weighted by Gasteiger charge is -2.18. The molecule has 0 radical (unpaired) electrons. The van der Waals surface area contributed by atoms with E-state index in [0.29, 0.717) is 30.4 Å². The Hall–Kier alpha value is -4.01. The van der Waals surface area contributed by atoms with Crippen molar-refractivity contribution in [2.75, 3.05) is 25.1 Å². The van der Waals surface area contributed by atoms with Gasteiger partial charge in [-0.3, -0.25) is 4.79 Å². The van der Waals surface area contributed by atoms with Gasteiger partial charge >= 0.3 is 0 Å². The summed E-state index contributed by atoms with van der Waals surface area (Å²) in [5.74, 6) is 0.898. The second-order valence-electron chi connectivity index (χ2n) is 7.30. The minimum absolute atomic E-state index is 0.0246. The van der Waals surface area contributed by atoms with E-state index in [1.807, 2.05) is 45.0 Å². The van der Waals surface area contributed by atoms with Crippen molar-refractivity contribution in [3.8, 4) is 5.75 Å². The van der Waals surface area contributed by atoms with Crippen LogP contribution in [0.4, 0.5) is 5.95 Å². The summed E-state index contributed by atoms with van der Waals surface area (Å²) in [7, 11) is 0. The number of benzene rings is 2. The minimum Gasteiger partial charge on any atom is -0.484 e. The van der Waals surface area contributed by atoms with Crippen LogP contribution in [0.2, 0.25) is 0 Å². The second kappa shape index (κ2) is 9.42. The Balaban J connectivity index is 1.37. The van der Waals surface area contributed by atoms with Gasteiger partial charge < -0.3 is 14.6 Å². The Morgan fingerprint density at radius 1 is 1.16 bits per heavy atom. The molecule has 0 aliphatic heterocycles. The molecule has 9 nitrogen and oxygen atoms in total. The Morgan fingerprint density at radius 2 is 1.94 bits per heavy atom. The molecule has 0 aliphatic rings. The van der Waals surface area contributed by atoms with Crippen LogP contribution in [-0.4, -0.2) is 56.9 Å². The van der Waals surface area contributed by atoms with Crippen LogP contribution in [-0.2, 0) is 4.79 Å². The van der Waals surface area contributed by atoms with Crippen molar-refractivity contribution in [1.29, 1.82) is 0 Å². The number of hydrazone groups is 1. The third-order valence-corrected chi connectivity index (χ3v) is 5.11. The summed E-state index contributed by atoms with van der Waals surface area (Å²) in [6.45, 7) is 7.30. The standard InChI is InChI=1S/C23H25N7O2/c1-4-30(5-2)20(31)14-32-17-9-7-16(8-10-17)13-24-28-23-26-22-21(27-29-23)18-12-15(3)6-11-19(18)25-22/h6-13H,4-5,14H2,1-3H3,(H2,25,26,28,29)/b24-13+. The molecular formula is C23H25N7O2. The normalized spacial score (nSPS) is 11.3. The highest BCUT2D eigenvalue weighted by atomic mass is 16.5. The fourth-order valence-corrected chi connectivity index (χ4v) is 3.36. The number of fused-ring (bicyclic) bond motifs is 3. The summed E-state index contributed by atoms with van der Waals surface area (Å²) in [5, 5.41) is 13.6. The van der Waals surface area contributed by atoms with Crippen LogP contribution in [0.5, 0.6) is 5.75 Å². The fraction of sp³-hybridized carbons (Fsp3) is 0.261. The van der Waals surface area contributed by atoms with E-state index in [9.17, 15) is 4.79 Å². The van der Waals surface area contributed by atoms with E-state index < -0.39 is 0 Å². The molecule has 32 heavy (non-hydrogen) atoms. The van der Waals surface area contributed by atoms with E-state index in [4.69, 9.17) is 4.74 Å². The molecule has 0 unspecified atom stereocenters. The van der Waals surface area contributed by atoms with Gasteiger partial charge in [0, 0.05) is 24.0 Å². The van der Waals surface area contributed by atoms with Gasteiger partial charge in [-0.05, 0) is 62.7 Å². The summed E-state index contributed by atoms with van der Waals surface area (Å²) < 4.78 is 5.57. The van der Waals surface area contributed by atoms with Crippen LogP contribution < -0.4 is 10.2 Å². The first-order chi connectivity index (χ1) is 15.6. The van der Waals surface area contributed by atoms with E-state index in [1.165, 1.54) is 0 Å². The Labute approximate surface area is 185 Å². The summed E-state index contributed by atoms with van der Waals surface area (Å²) in [6.07, 6.45) is 1.65. The van der Waals surface area contributed by atoms with Gasteiger partial charge in [0.15, 0.2) is 12.3 Å². The predicted molar refractivity (Wildman–Crippen MR) is 125 cm³/mol. The second-order valence-corrected chi connectivity index (χ2v) is 7.30. The Kier molecular flexibility index (Phi) is 6.25. The third-order valence-electron chi connectivity index (χ3n) is 5.11. The number of nitrogens with one attached hydrogen (secondary N) is 2. The first-order valence-corrected chi connectivity index (χ1v) is 10.5. The van der Waals surface area contributed by atoms with Gasteiger partial charge in [0.25, 0.3) is 11.9 Å². The molecule has 9 heteroatoms. The molecular weight excluding hydrogens is 406 g/mol. The van der Waals surface area contributed by atoms with Crippen LogP contribution in [0.1, 0.15) is 25.0 Å². The van der Waals surface area contributed by atoms with Crippen molar-refractivity contribution in [2.24, 2.45) is 5.10 Å². The molecule has 0 atom stereocenters. The largest absolute Gasteiger partial charge is 0.484 e. The zero-order chi connectivity index (χ0) is 22.5. The van der Waals surface area contributed by atoms with Gasteiger partial charge in [0.2, 0.25) is 0 Å². The molecule has 4 aromatic rings. The highest BCUT2D eigenvalue weighted by Gasteiger charge is 2.10. The van der Waals surface area contributed by atoms with E-state index >= 15 is 0 Å². The maximum atomic E-state index is 12.0. The Bertz CT molecular complexity index is 1260. The number of aryl methyl sites for hydroxylation is 1.